The fraction of sp³-hybridized carbons (Fsp3) is 0.956. The van der Waals surface area contributed by atoms with Crippen LogP contribution in [0, 0.1) is 5.92 Å². The predicted octanol–water partition coefficient (Wildman–Crippen LogP) is 27.9. The van der Waals surface area contributed by atoms with E-state index < -0.39 is 97.5 Å². The third kappa shape index (κ3) is 83.8. The highest BCUT2D eigenvalue weighted by molar-refractivity contribution is 7.47. The van der Waals surface area contributed by atoms with Crippen molar-refractivity contribution in [1.82, 2.24) is 0 Å². The van der Waals surface area contributed by atoms with Crippen molar-refractivity contribution in [3.05, 3.63) is 0 Å². The van der Waals surface area contributed by atoms with Crippen molar-refractivity contribution in [3.8, 4) is 0 Å². The van der Waals surface area contributed by atoms with Crippen molar-refractivity contribution < 1.29 is 80.2 Å². The molecule has 19 heteroatoms. The Morgan fingerprint density at radius 2 is 0.422 bits per heavy atom. The van der Waals surface area contributed by atoms with E-state index in [0.29, 0.717) is 25.7 Å². The molecule has 0 bridgehead atoms. The van der Waals surface area contributed by atoms with E-state index in [-0.39, 0.29) is 25.7 Å². The molecular weight excluding hydrogens is 1410 g/mol. The largest absolute Gasteiger partial charge is 0.472 e. The van der Waals surface area contributed by atoms with Crippen LogP contribution in [0.3, 0.4) is 0 Å². The van der Waals surface area contributed by atoms with Crippen LogP contribution in [0.2, 0.25) is 0 Å². The molecule has 0 radical (unpaired) electrons. The normalized spacial score (nSPS) is 13.7. The molecule has 3 N–H and O–H groups in total. The lowest BCUT2D eigenvalue weighted by Crippen LogP contribution is -2.30. The van der Waals surface area contributed by atoms with Crippen molar-refractivity contribution in [2.24, 2.45) is 5.92 Å². The molecule has 0 spiro atoms. The van der Waals surface area contributed by atoms with Gasteiger partial charge >= 0.3 is 39.5 Å². The zero-order chi connectivity index (χ0) is 79.7. The second kappa shape index (κ2) is 82.6. The molecule has 109 heavy (non-hydrogen) atoms. The highest BCUT2D eigenvalue weighted by atomic mass is 31.2. The topological polar surface area (TPSA) is 237 Å². The second-order valence-electron chi connectivity index (χ2n) is 32.8. The maximum atomic E-state index is 13.2. The van der Waals surface area contributed by atoms with Gasteiger partial charge in [-0.3, -0.25) is 37.3 Å². The van der Waals surface area contributed by atoms with E-state index in [2.05, 4.69) is 34.6 Å². The Morgan fingerprint density at radius 3 is 0.624 bits per heavy atom. The molecule has 0 amide bonds. The number of carbonyl (C=O) groups is 4. The summed E-state index contributed by atoms with van der Waals surface area (Å²) in [6.45, 7) is 7.35. The molecule has 0 rings (SSSR count). The number of phosphoric ester groups is 2. The van der Waals surface area contributed by atoms with E-state index in [1.54, 1.807) is 0 Å². The van der Waals surface area contributed by atoms with Gasteiger partial charge in [-0.2, -0.15) is 0 Å². The van der Waals surface area contributed by atoms with E-state index in [9.17, 15) is 43.2 Å². The number of hydrogen-bond acceptors (Lipinski definition) is 15. The first-order chi connectivity index (χ1) is 53.0. The molecule has 648 valence electrons. The predicted molar refractivity (Wildman–Crippen MR) is 451 cm³/mol. The van der Waals surface area contributed by atoms with Gasteiger partial charge in [0.25, 0.3) is 0 Å². The van der Waals surface area contributed by atoms with Crippen LogP contribution in [-0.4, -0.2) is 96.7 Å². The van der Waals surface area contributed by atoms with Gasteiger partial charge in [0.1, 0.15) is 19.3 Å². The molecule has 0 aromatic heterocycles. The summed E-state index contributed by atoms with van der Waals surface area (Å²) in [5.41, 5.74) is 0. The van der Waals surface area contributed by atoms with Gasteiger partial charge in [0.05, 0.1) is 26.4 Å². The van der Waals surface area contributed by atoms with Crippen molar-refractivity contribution >= 4 is 39.5 Å². The van der Waals surface area contributed by atoms with Crippen molar-refractivity contribution in [2.75, 3.05) is 39.6 Å². The monoisotopic (exact) mass is 1590 g/mol. The summed E-state index contributed by atoms with van der Waals surface area (Å²) < 4.78 is 69.0. The minimum absolute atomic E-state index is 0.108. The summed E-state index contributed by atoms with van der Waals surface area (Å²) >= 11 is 0. The van der Waals surface area contributed by atoms with Gasteiger partial charge in [0, 0.05) is 25.7 Å². The van der Waals surface area contributed by atoms with Crippen LogP contribution in [0.1, 0.15) is 490 Å². The number of hydrogen-bond donors (Lipinski definition) is 3. The number of phosphoric acid groups is 2. The molecule has 0 saturated carbocycles. The average molecular weight is 1590 g/mol. The Balaban J connectivity index is 5.22. The summed E-state index contributed by atoms with van der Waals surface area (Å²) in [5, 5.41) is 10.7. The van der Waals surface area contributed by atoms with Crippen LogP contribution >= 0.6 is 15.6 Å². The Labute approximate surface area is 670 Å². The molecule has 0 aromatic rings. The third-order valence-corrected chi connectivity index (χ3v) is 23.2. The standard InChI is InChI=1S/C90H176O17P2/c1-6-9-12-15-18-21-24-27-30-32-34-36-38-40-42-45-48-51-54-61-66-71-76-89(94)106-85(79-100-87(92)73-68-63-58-52-49-46-44-41-39-37-35-33-31-28-25-22-19-16-13-10-7-2)81-104-108(96,97)102-77-84(91)78-103-109(98,99)105-82-86(80-101-88(93)74-69-64-59-56-55-57-62-67-72-83(4)5)107-90(95)75-70-65-60-53-50-47-43-29-26-23-20-17-14-11-8-3/h83-86,91H,6-82H2,1-5H3,(H,96,97)(H,98,99)/t84-,85-,86-/m1/s1. The van der Waals surface area contributed by atoms with Crippen molar-refractivity contribution in [2.45, 2.75) is 509 Å². The number of aliphatic hydroxyl groups is 1. The molecule has 0 aliphatic heterocycles. The van der Waals surface area contributed by atoms with E-state index in [1.165, 1.54) is 315 Å². The molecule has 0 aromatic carbocycles. The summed E-state index contributed by atoms with van der Waals surface area (Å²) in [7, 11) is -9.93. The third-order valence-electron chi connectivity index (χ3n) is 21.3. The van der Waals surface area contributed by atoms with Gasteiger partial charge in [-0.15, -0.1) is 0 Å². The van der Waals surface area contributed by atoms with Crippen LogP contribution in [0.15, 0.2) is 0 Å². The van der Waals surface area contributed by atoms with E-state index in [4.69, 9.17) is 37.0 Å². The lowest BCUT2D eigenvalue weighted by molar-refractivity contribution is -0.161. The zero-order valence-corrected chi connectivity index (χ0v) is 73.5. The summed E-state index contributed by atoms with van der Waals surface area (Å²) in [6, 6.07) is 0. The zero-order valence-electron chi connectivity index (χ0n) is 71.7. The minimum Gasteiger partial charge on any atom is -0.462 e. The number of ether oxygens (including phenoxy) is 4. The summed E-state index contributed by atoms with van der Waals surface area (Å²) in [6.07, 6.45) is 78.0. The fourth-order valence-corrected chi connectivity index (χ4v) is 15.8. The molecule has 0 heterocycles. The van der Waals surface area contributed by atoms with Crippen molar-refractivity contribution in [3.63, 3.8) is 0 Å². The molecule has 0 aliphatic rings. The molecular formula is C90H176O17P2. The van der Waals surface area contributed by atoms with Gasteiger partial charge in [-0.1, -0.05) is 439 Å². The second-order valence-corrected chi connectivity index (χ2v) is 35.7. The minimum atomic E-state index is -4.97. The van der Waals surface area contributed by atoms with Gasteiger partial charge in [-0.05, 0) is 31.6 Å². The Bertz CT molecular complexity index is 2070. The summed E-state index contributed by atoms with van der Waals surface area (Å²) in [4.78, 5) is 73.3. The Morgan fingerprint density at radius 1 is 0.248 bits per heavy atom. The van der Waals surface area contributed by atoms with Crippen LogP contribution in [0.4, 0.5) is 0 Å². The van der Waals surface area contributed by atoms with Gasteiger partial charge in [0.2, 0.25) is 0 Å². The number of aliphatic hydroxyl groups excluding tert-OH is 1. The highest BCUT2D eigenvalue weighted by Crippen LogP contribution is 2.45. The molecule has 2 unspecified atom stereocenters. The van der Waals surface area contributed by atoms with Gasteiger partial charge in [0.15, 0.2) is 12.2 Å². The van der Waals surface area contributed by atoms with E-state index in [1.807, 2.05) is 0 Å². The molecule has 0 fully saturated rings. The number of unbranched alkanes of at least 4 members (excludes halogenated alkanes) is 62. The fourth-order valence-electron chi connectivity index (χ4n) is 14.2. The van der Waals surface area contributed by atoms with E-state index in [0.717, 1.165) is 95.8 Å². The van der Waals surface area contributed by atoms with Crippen LogP contribution in [0.5, 0.6) is 0 Å². The Hall–Kier alpha value is -1.94. The Kier molecular flexibility index (Phi) is 81.1. The average Bonchev–Trinajstić information content (AvgIpc) is 0.900. The number of esters is 4. The SMILES string of the molecule is CCCCCCCCCCCCCCCCCCCCCCCCC(=O)O[C@H](COC(=O)CCCCCCCCCCCCCCCCCCCCCCC)COP(=O)(O)OC[C@@H](O)COP(=O)(O)OC[C@@H](COC(=O)CCCCCCCCCCC(C)C)OC(=O)CCCCCCCCCCCCCCCCC. The number of rotatable bonds is 90. The first-order valence-electron chi connectivity index (χ1n) is 46.6. The summed E-state index contributed by atoms with van der Waals surface area (Å²) in [5.74, 6) is -1.37. The number of carbonyl (C=O) groups excluding carboxylic acids is 4. The van der Waals surface area contributed by atoms with Crippen molar-refractivity contribution in [1.29, 1.82) is 0 Å². The van der Waals surface area contributed by atoms with Gasteiger partial charge in [-0.25, -0.2) is 9.13 Å². The maximum absolute atomic E-state index is 13.2. The molecule has 0 aliphatic carbocycles. The molecule has 5 atom stereocenters. The van der Waals surface area contributed by atoms with Crippen LogP contribution < -0.4 is 0 Å². The van der Waals surface area contributed by atoms with E-state index >= 15 is 0 Å². The smallest absolute Gasteiger partial charge is 0.462 e. The van der Waals surface area contributed by atoms with Crippen LogP contribution in [0.25, 0.3) is 0 Å². The highest BCUT2D eigenvalue weighted by Gasteiger charge is 2.31. The molecule has 0 saturated heterocycles. The quantitative estimate of drug-likeness (QED) is 0.0222. The maximum Gasteiger partial charge on any atom is 0.472 e. The van der Waals surface area contributed by atoms with Gasteiger partial charge < -0.3 is 33.8 Å². The first-order valence-corrected chi connectivity index (χ1v) is 49.6. The first kappa shape index (κ1) is 107. The lowest BCUT2D eigenvalue weighted by atomic mass is 10.0. The molecule has 17 nitrogen and oxygen atoms in total. The lowest BCUT2D eigenvalue weighted by Gasteiger charge is -2.21. The van der Waals surface area contributed by atoms with Crippen LogP contribution in [-0.2, 0) is 65.4 Å².